The summed E-state index contributed by atoms with van der Waals surface area (Å²) in [5.41, 5.74) is 1.22. The Labute approximate surface area is 192 Å². The van der Waals surface area contributed by atoms with Crippen LogP contribution in [-0.4, -0.2) is 33.3 Å². The minimum absolute atomic E-state index is 0.101. The highest BCUT2D eigenvalue weighted by Crippen LogP contribution is 2.30. The van der Waals surface area contributed by atoms with Crippen LogP contribution in [0.4, 0.5) is 0 Å². The van der Waals surface area contributed by atoms with Gasteiger partial charge in [-0.3, -0.25) is 14.2 Å². The molecule has 31 heavy (non-hydrogen) atoms. The Hall–Kier alpha value is -2.37. The van der Waals surface area contributed by atoms with Gasteiger partial charge in [0, 0.05) is 18.0 Å². The van der Waals surface area contributed by atoms with E-state index in [-0.39, 0.29) is 17.3 Å². The zero-order chi connectivity index (χ0) is 22.9. The number of halogens is 2. The molecule has 7 heteroatoms. The van der Waals surface area contributed by atoms with E-state index in [4.69, 9.17) is 28.2 Å². The third kappa shape index (κ3) is 4.35. The van der Waals surface area contributed by atoms with Crippen molar-refractivity contribution >= 4 is 40.0 Å². The first-order valence-electron chi connectivity index (χ1n) is 10.2. The lowest BCUT2D eigenvalue weighted by atomic mass is 9.93. The number of hydrogen-bond donors (Lipinski definition) is 0. The van der Waals surface area contributed by atoms with Gasteiger partial charge in [0.05, 0.1) is 28.0 Å². The summed E-state index contributed by atoms with van der Waals surface area (Å²) in [6.07, 6.45) is 0.581. The van der Waals surface area contributed by atoms with E-state index in [1.807, 2.05) is 58.0 Å². The maximum absolute atomic E-state index is 13.6. The van der Waals surface area contributed by atoms with Crippen LogP contribution in [-0.2, 0) is 4.79 Å². The van der Waals surface area contributed by atoms with Gasteiger partial charge < -0.3 is 4.90 Å². The molecule has 0 spiro atoms. The molecule has 3 rings (SSSR count). The molecule has 0 fully saturated rings. The topological polar surface area (TPSA) is 55.2 Å². The first-order valence-corrected chi connectivity index (χ1v) is 11.1. The highest BCUT2D eigenvalue weighted by Gasteiger charge is 2.35. The number of para-hydroxylation sites is 1. The fraction of sp³-hybridized carbons (Fsp3) is 0.375. The Morgan fingerprint density at radius 2 is 1.90 bits per heavy atom. The predicted molar refractivity (Wildman–Crippen MR) is 127 cm³/mol. The van der Waals surface area contributed by atoms with Crippen molar-refractivity contribution in [2.75, 3.05) is 12.9 Å². The number of rotatable bonds is 6. The summed E-state index contributed by atoms with van der Waals surface area (Å²) in [5.74, 6) is 0.606. The highest BCUT2D eigenvalue weighted by atomic mass is 35.5. The molecule has 0 N–H and O–H groups in total. The molecule has 2 aromatic carbocycles. The van der Waals surface area contributed by atoms with Gasteiger partial charge >= 0.3 is 0 Å². The van der Waals surface area contributed by atoms with Crippen LogP contribution in [0.15, 0.2) is 47.3 Å². The monoisotopic (exact) mass is 459 g/mol. The molecule has 1 unspecified atom stereocenters. The zero-order valence-electron chi connectivity index (χ0n) is 18.4. The van der Waals surface area contributed by atoms with Gasteiger partial charge in [0.15, 0.2) is 0 Å². The number of nitrogens with zero attached hydrogens (tertiary/aromatic N) is 3. The Morgan fingerprint density at radius 3 is 2.52 bits per heavy atom. The van der Waals surface area contributed by atoms with Gasteiger partial charge in [-0.25, -0.2) is 4.98 Å². The molecule has 1 atom stereocenters. The van der Waals surface area contributed by atoms with E-state index in [2.05, 4.69) is 0 Å². The number of fused-ring (bicyclic) bond motifs is 1. The molecule has 1 amide bonds. The molecule has 0 aliphatic heterocycles. The summed E-state index contributed by atoms with van der Waals surface area (Å²) in [5, 5.41) is 1.11. The number of amides is 1. The lowest BCUT2D eigenvalue weighted by molar-refractivity contribution is -0.140. The number of carbonyl (C=O) groups is 1. The fourth-order valence-corrected chi connectivity index (χ4v) is 4.12. The lowest BCUT2D eigenvalue weighted by Crippen LogP contribution is -2.43. The minimum atomic E-state index is -0.734. The van der Waals surface area contributed by atoms with Gasteiger partial charge in [-0.1, -0.05) is 30.7 Å². The number of carbonyl (C=O) groups excluding carboxylic acids is 1. The van der Waals surface area contributed by atoms with Crippen LogP contribution in [0.25, 0.3) is 16.6 Å². The first kappa shape index (κ1) is 23.3. The molecule has 1 heterocycles. The second kappa shape index (κ2) is 9.01. The van der Waals surface area contributed by atoms with E-state index in [9.17, 15) is 9.59 Å². The minimum Gasteiger partial charge on any atom is -0.335 e. The summed E-state index contributed by atoms with van der Waals surface area (Å²) in [7, 11) is 1.74. The van der Waals surface area contributed by atoms with E-state index in [1.54, 1.807) is 28.6 Å². The van der Waals surface area contributed by atoms with E-state index < -0.39 is 11.5 Å². The van der Waals surface area contributed by atoms with Crippen molar-refractivity contribution in [1.82, 2.24) is 14.5 Å². The zero-order valence-corrected chi connectivity index (χ0v) is 20.0. The number of hydrogen-bond acceptors (Lipinski definition) is 3. The Kier molecular flexibility index (Phi) is 6.77. The quantitative estimate of drug-likeness (QED) is 0.455. The second-order valence-electron chi connectivity index (χ2n) is 8.42. The SMILES string of the molecule is CCC(c1nc2ccccc2c(=O)n1-c1ccc(Cl)cc1C)N(C)C(=O)C(C)(C)CCl. The summed E-state index contributed by atoms with van der Waals surface area (Å²) in [4.78, 5) is 33.3. The molecule has 164 valence electrons. The molecule has 0 radical (unpaired) electrons. The summed E-state index contributed by atoms with van der Waals surface area (Å²) in [6, 6.07) is 12.2. The molecule has 3 aromatic rings. The summed E-state index contributed by atoms with van der Waals surface area (Å²) < 4.78 is 1.61. The van der Waals surface area contributed by atoms with Crippen LogP contribution < -0.4 is 5.56 Å². The van der Waals surface area contributed by atoms with Crippen LogP contribution in [0, 0.1) is 12.3 Å². The summed E-state index contributed by atoms with van der Waals surface area (Å²) in [6.45, 7) is 7.51. The maximum atomic E-state index is 13.6. The van der Waals surface area contributed by atoms with Crippen molar-refractivity contribution in [3.8, 4) is 5.69 Å². The van der Waals surface area contributed by atoms with Crippen molar-refractivity contribution in [3.05, 3.63) is 69.2 Å². The van der Waals surface area contributed by atoms with Crippen molar-refractivity contribution in [2.45, 2.75) is 40.2 Å². The molecular weight excluding hydrogens is 433 g/mol. The van der Waals surface area contributed by atoms with Crippen molar-refractivity contribution in [1.29, 1.82) is 0 Å². The number of benzene rings is 2. The van der Waals surface area contributed by atoms with Crippen LogP contribution in [0.1, 0.15) is 44.6 Å². The molecule has 0 aliphatic carbocycles. The third-order valence-corrected chi connectivity index (χ3v) is 6.49. The summed E-state index contributed by atoms with van der Waals surface area (Å²) >= 11 is 12.2. The molecular formula is C24H27Cl2N3O2. The molecule has 0 saturated heterocycles. The van der Waals surface area contributed by atoms with Crippen LogP contribution in [0.5, 0.6) is 0 Å². The van der Waals surface area contributed by atoms with Crippen LogP contribution in [0.3, 0.4) is 0 Å². The van der Waals surface area contributed by atoms with E-state index in [0.29, 0.717) is 33.9 Å². The van der Waals surface area contributed by atoms with Gasteiger partial charge in [-0.05, 0) is 63.1 Å². The molecule has 0 bridgehead atoms. The van der Waals surface area contributed by atoms with Crippen molar-refractivity contribution in [2.24, 2.45) is 5.41 Å². The van der Waals surface area contributed by atoms with Crippen molar-refractivity contribution < 1.29 is 4.79 Å². The molecule has 0 aliphatic rings. The largest absolute Gasteiger partial charge is 0.335 e. The van der Waals surface area contributed by atoms with Gasteiger partial charge in [0.25, 0.3) is 5.56 Å². The third-order valence-electron chi connectivity index (χ3n) is 5.59. The van der Waals surface area contributed by atoms with Crippen molar-refractivity contribution in [3.63, 3.8) is 0 Å². The second-order valence-corrected chi connectivity index (χ2v) is 9.12. The normalized spacial score (nSPS) is 12.7. The molecule has 0 saturated carbocycles. The maximum Gasteiger partial charge on any atom is 0.266 e. The van der Waals surface area contributed by atoms with Gasteiger partial charge in [0.1, 0.15) is 5.82 Å². The average molecular weight is 460 g/mol. The molecule has 5 nitrogen and oxygen atoms in total. The van der Waals surface area contributed by atoms with E-state index in [1.165, 1.54) is 0 Å². The smallest absolute Gasteiger partial charge is 0.266 e. The first-order chi connectivity index (χ1) is 14.6. The average Bonchev–Trinajstić information content (AvgIpc) is 2.74. The number of aryl methyl sites for hydroxylation is 1. The Morgan fingerprint density at radius 1 is 1.23 bits per heavy atom. The highest BCUT2D eigenvalue weighted by molar-refractivity contribution is 6.30. The fourth-order valence-electron chi connectivity index (χ4n) is 3.78. The van der Waals surface area contributed by atoms with E-state index in [0.717, 1.165) is 5.56 Å². The number of aromatic nitrogens is 2. The standard InChI is InChI=1S/C24H27Cl2N3O2/c1-6-19(28(5)23(31)24(3,4)14-25)21-27-18-10-8-7-9-17(18)22(30)29(21)20-12-11-16(26)13-15(20)2/h7-13,19H,6,14H2,1-5H3. The molecule has 1 aromatic heterocycles. The van der Waals surface area contributed by atoms with Gasteiger partial charge in [-0.15, -0.1) is 11.6 Å². The predicted octanol–water partition coefficient (Wildman–Crippen LogP) is 5.52. The lowest BCUT2D eigenvalue weighted by Gasteiger charge is -2.34. The van der Waals surface area contributed by atoms with E-state index >= 15 is 0 Å². The Bertz CT molecular complexity index is 1190. The van der Waals surface area contributed by atoms with Gasteiger partial charge in [0.2, 0.25) is 5.91 Å². The van der Waals surface area contributed by atoms with Gasteiger partial charge in [-0.2, -0.15) is 0 Å². The number of alkyl halides is 1. The Balaban J connectivity index is 2.32. The van der Waals surface area contributed by atoms with Crippen LogP contribution in [0.2, 0.25) is 5.02 Å². The van der Waals surface area contributed by atoms with Crippen LogP contribution >= 0.6 is 23.2 Å².